The van der Waals surface area contributed by atoms with E-state index in [-0.39, 0.29) is 0 Å². The van der Waals surface area contributed by atoms with E-state index >= 15 is 0 Å². The van der Waals surface area contributed by atoms with Gasteiger partial charge in [-0.1, -0.05) is 0 Å². The van der Waals surface area contributed by atoms with Crippen molar-refractivity contribution in [2.45, 2.75) is 137 Å². The highest BCUT2D eigenvalue weighted by atomic mass is 16.8. The molecule has 4 fully saturated rings. The van der Waals surface area contributed by atoms with Crippen LogP contribution in [-0.2, 0) is 38.0 Å². The topological polar surface area (TPSA) is 336 Å². The number of nitrogens with one attached hydrogen (secondary N) is 1. The van der Waals surface area contributed by atoms with Gasteiger partial charge in [0.15, 0.2) is 25.2 Å². The summed E-state index contributed by atoms with van der Waals surface area (Å²) >= 11 is 0. The van der Waals surface area contributed by atoms with Crippen LogP contribution in [0.15, 0.2) is 0 Å². The van der Waals surface area contributed by atoms with Crippen molar-refractivity contribution in [2.24, 2.45) is 0 Å². The van der Waals surface area contributed by atoms with Crippen LogP contribution >= 0.6 is 0 Å². The molecule has 4 rings (SSSR count). The van der Waals surface area contributed by atoms with E-state index in [9.17, 15) is 66.1 Å². The number of carbonyl (C=O) groups is 1. The second-order valence-electron chi connectivity index (χ2n) is 11.9. The Balaban J connectivity index is 1.63. The third kappa shape index (κ3) is 8.04. The molecule has 1 unspecified atom stereocenters. The summed E-state index contributed by atoms with van der Waals surface area (Å²) in [6.45, 7) is -0.144. The highest BCUT2D eigenvalue weighted by Crippen LogP contribution is 2.34. The molecule has 4 aliphatic rings. The molecular weight excluding hydrogens is 646 g/mol. The molecule has 21 heteroatoms. The zero-order chi connectivity index (χ0) is 34.9. The van der Waals surface area contributed by atoms with Gasteiger partial charge in [0.2, 0.25) is 5.91 Å². The van der Waals surface area contributed by atoms with Gasteiger partial charge in [0.25, 0.3) is 0 Å². The standard InChI is InChI=1S/C26H45NO20/c1-6-12(32)15(35)17(37)24(41-6)47-22-14(34)9(4-29)44-26(19(22)39)45-20-10(5-30)42-23(40)11(27-7(2)31)21(20)46-25-18(38)16(36)13(33)8(3-28)43-25/h6,8-26,28-30,32-40H,3-5H2,1-2H3,(H,27,31)/t6-,8+,9+,10+,11+,12-,13-,14-,15+,16-,17+,18+,19+,20-,21+,22-,23?,24-,25-,26-/m0/s1. The first-order chi connectivity index (χ1) is 22.1. The van der Waals surface area contributed by atoms with Gasteiger partial charge in [-0.05, 0) is 6.92 Å². The minimum atomic E-state index is -2.00. The number of aliphatic hydroxyl groups excluding tert-OH is 12. The molecule has 0 bridgehead atoms. The minimum Gasteiger partial charge on any atom is -0.394 e. The predicted molar refractivity (Wildman–Crippen MR) is 144 cm³/mol. The summed E-state index contributed by atoms with van der Waals surface area (Å²) < 4.78 is 39.2. The molecule has 13 N–H and O–H groups in total. The molecule has 0 spiro atoms. The van der Waals surface area contributed by atoms with E-state index in [1.54, 1.807) is 0 Å². The van der Waals surface area contributed by atoms with Crippen molar-refractivity contribution in [1.29, 1.82) is 0 Å². The van der Waals surface area contributed by atoms with Crippen LogP contribution in [0, 0.1) is 0 Å². The summed E-state index contributed by atoms with van der Waals surface area (Å²) in [5, 5.41) is 126. The van der Waals surface area contributed by atoms with Crippen molar-refractivity contribution in [3.8, 4) is 0 Å². The first-order valence-corrected chi connectivity index (χ1v) is 15.0. The van der Waals surface area contributed by atoms with E-state index in [1.165, 1.54) is 6.92 Å². The second-order valence-corrected chi connectivity index (χ2v) is 11.9. The average Bonchev–Trinajstić information content (AvgIpc) is 3.04. The molecule has 274 valence electrons. The number of hydrogen-bond acceptors (Lipinski definition) is 20. The third-order valence-electron chi connectivity index (χ3n) is 8.57. The Morgan fingerprint density at radius 2 is 1.02 bits per heavy atom. The Bertz CT molecular complexity index is 1010. The van der Waals surface area contributed by atoms with Gasteiger partial charge in [0, 0.05) is 6.92 Å². The molecule has 0 radical (unpaired) electrons. The monoisotopic (exact) mass is 691 g/mol. The fourth-order valence-corrected chi connectivity index (χ4v) is 5.88. The smallest absolute Gasteiger partial charge is 0.217 e. The van der Waals surface area contributed by atoms with Gasteiger partial charge in [-0.2, -0.15) is 0 Å². The molecule has 4 aliphatic heterocycles. The Labute approximate surface area is 267 Å². The van der Waals surface area contributed by atoms with Gasteiger partial charge in [-0.3, -0.25) is 4.79 Å². The van der Waals surface area contributed by atoms with Gasteiger partial charge in [0.1, 0.15) is 91.5 Å². The first-order valence-electron chi connectivity index (χ1n) is 15.0. The molecule has 21 nitrogen and oxygen atoms in total. The van der Waals surface area contributed by atoms with Crippen molar-refractivity contribution in [2.75, 3.05) is 19.8 Å². The van der Waals surface area contributed by atoms with Gasteiger partial charge >= 0.3 is 0 Å². The number of amides is 1. The SMILES string of the molecule is CC(=O)N[C@H]1C(O)O[C@H](CO)[C@H](O[C@@H]2O[C@H](CO)[C@H](O)[C@H](O[C@@H]3O[C@@H](C)[C@H](O)[C@@H](O)[C@H]3O)[C@H]2O)[C@@H]1O[C@@H]1O[C@H](CO)[C@H](O)[C@H](O)[C@H]1O. The fraction of sp³-hybridized carbons (Fsp3) is 0.962. The fourth-order valence-electron chi connectivity index (χ4n) is 5.88. The zero-order valence-corrected chi connectivity index (χ0v) is 25.3. The van der Waals surface area contributed by atoms with Crippen LogP contribution in [0.3, 0.4) is 0 Å². The Morgan fingerprint density at radius 1 is 0.553 bits per heavy atom. The molecule has 47 heavy (non-hydrogen) atoms. The minimum absolute atomic E-state index is 0.722. The molecule has 0 saturated carbocycles. The van der Waals surface area contributed by atoms with Crippen LogP contribution in [0.1, 0.15) is 13.8 Å². The molecule has 0 aromatic rings. The highest BCUT2D eigenvalue weighted by Gasteiger charge is 2.55. The van der Waals surface area contributed by atoms with Crippen LogP contribution in [0.25, 0.3) is 0 Å². The molecule has 0 aromatic carbocycles. The number of aliphatic hydroxyl groups is 12. The first kappa shape index (κ1) is 38.5. The molecule has 4 saturated heterocycles. The maximum Gasteiger partial charge on any atom is 0.217 e. The lowest BCUT2D eigenvalue weighted by Gasteiger charge is -2.50. The van der Waals surface area contributed by atoms with Crippen LogP contribution < -0.4 is 5.32 Å². The summed E-state index contributed by atoms with van der Waals surface area (Å²) in [6.07, 6.45) is -32.5. The van der Waals surface area contributed by atoms with E-state index in [1.807, 2.05) is 0 Å². The summed E-state index contributed by atoms with van der Waals surface area (Å²) in [6, 6.07) is -1.56. The number of rotatable bonds is 10. The molecule has 20 atom stereocenters. The van der Waals surface area contributed by atoms with E-state index in [0.717, 1.165) is 6.92 Å². The summed E-state index contributed by atoms with van der Waals surface area (Å²) in [5.74, 6) is -0.722. The Morgan fingerprint density at radius 3 is 1.57 bits per heavy atom. The van der Waals surface area contributed by atoms with Crippen molar-refractivity contribution in [1.82, 2.24) is 5.32 Å². The lowest BCUT2D eigenvalue weighted by atomic mass is 9.94. The maximum atomic E-state index is 12.1. The van der Waals surface area contributed by atoms with Crippen LogP contribution in [0.2, 0.25) is 0 Å². The van der Waals surface area contributed by atoms with Gasteiger partial charge in [-0.25, -0.2) is 0 Å². The van der Waals surface area contributed by atoms with Crippen molar-refractivity contribution < 1.29 is 99.2 Å². The average molecular weight is 692 g/mol. The Kier molecular flexibility index (Phi) is 13.2. The third-order valence-corrected chi connectivity index (χ3v) is 8.57. The van der Waals surface area contributed by atoms with E-state index in [2.05, 4.69) is 5.32 Å². The maximum absolute atomic E-state index is 12.1. The molecule has 4 heterocycles. The van der Waals surface area contributed by atoms with Crippen LogP contribution in [0.4, 0.5) is 0 Å². The summed E-state index contributed by atoms with van der Waals surface area (Å²) in [4.78, 5) is 12.1. The van der Waals surface area contributed by atoms with E-state index < -0.39 is 148 Å². The van der Waals surface area contributed by atoms with Crippen molar-refractivity contribution in [3.05, 3.63) is 0 Å². The predicted octanol–water partition coefficient (Wildman–Crippen LogP) is -8.58. The summed E-state index contributed by atoms with van der Waals surface area (Å²) in [7, 11) is 0. The largest absolute Gasteiger partial charge is 0.394 e. The number of hydrogen-bond donors (Lipinski definition) is 13. The number of carbonyl (C=O) groups excluding carboxylic acids is 1. The van der Waals surface area contributed by atoms with Gasteiger partial charge in [0.05, 0.1) is 25.9 Å². The second kappa shape index (κ2) is 16.2. The number of ether oxygens (including phenoxy) is 7. The van der Waals surface area contributed by atoms with Crippen LogP contribution in [0.5, 0.6) is 0 Å². The highest BCUT2D eigenvalue weighted by molar-refractivity contribution is 5.73. The molecule has 1 amide bonds. The van der Waals surface area contributed by atoms with E-state index in [0.29, 0.717) is 0 Å². The van der Waals surface area contributed by atoms with Crippen LogP contribution in [-0.4, -0.2) is 210 Å². The Hall–Kier alpha value is -1.29. The van der Waals surface area contributed by atoms with Gasteiger partial charge < -0.3 is 99.8 Å². The zero-order valence-electron chi connectivity index (χ0n) is 25.3. The van der Waals surface area contributed by atoms with E-state index in [4.69, 9.17) is 33.2 Å². The van der Waals surface area contributed by atoms with Crippen molar-refractivity contribution in [3.63, 3.8) is 0 Å². The van der Waals surface area contributed by atoms with Crippen molar-refractivity contribution >= 4 is 5.91 Å². The summed E-state index contributed by atoms with van der Waals surface area (Å²) in [5.41, 5.74) is 0. The molecule has 0 aromatic heterocycles. The quantitative estimate of drug-likeness (QED) is 0.101. The lowest BCUT2D eigenvalue weighted by Crippen LogP contribution is -2.70. The molecule has 0 aliphatic carbocycles. The lowest BCUT2D eigenvalue weighted by molar-refractivity contribution is -0.385. The van der Waals surface area contributed by atoms with Gasteiger partial charge in [-0.15, -0.1) is 0 Å². The normalized spacial score (nSPS) is 51.0. The molecular formula is C26H45NO20.